The molecule has 0 saturated carbocycles. The van der Waals surface area contributed by atoms with Gasteiger partial charge < -0.3 is 14.8 Å². The van der Waals surface area contributed by atoms with Gasteiger partial charge in [-0.1, -0.05) is 37.3 Å². The molecule has 1 aromatic heterocycles. The Balaban J connectivity index is 1.55. The van der Waals surface area contributed by atoms with Gasteiger partial charge in [0.1, 0.15) is 10.8 Å². The van der Waals surface area contributed by atoms with Gasteiger partial charge in [0.05, 0.1) is 12.7 Å². The first-order chi connectivity index (χ1) is 14.6. The second kappa shape index (κ2) is 8.88. The van der Waals surface area contributed by atoms with Crippen LogP contribution in [0.5, 0.6) is 5.75 Å². The smallest absolute Gasteiger partial charge is 0.341 e. The lowest BCUT2D eigenvalue weighted by molar-refractivity contribution is -0.122. The van der Waals surface area contributed by atoms with Gasteiger partial charge in [-0.25, -0.2) is 4.79 Å². The lowest BCUT2D eigenvalue weighted by Gasteiger charge is -2.17. The number of benzene rings is 2. The van der Waals surface area contributed by atoms with Crippen molar-refractivity contribution in [3.63, 3.8) is 0 Å². The second-order valence-electron chi connectivity index (χ2n) is 7.42. The van der Waals surface area contributed by atoms with Crippen molar-refractivity contribution in [3.05, 3.63) is 58.5 Å². The molecule has 1 heterocycles. The van der Waals surface area contributed by atoms with Gasteiger partial charge in [0.15, 0.2) is 6.10 Å². The van der Waals surface area contributed by atoms with Crippen LogP contribution < -0.4 is 10.1 Å². The van der Waals surface area contributed by atoms with Gasteiger partial charge in [-0.05, 0) is 60.6 Å². The van der Waals surface area contributed by atoms with Crippen molar-refractivity contribution < 1.29 is 19.1 Å². The molecule has 2 aromatic carbocycles. The maximum atomic E-state index is 13.0. The molecule has 1 atom stereocenters. The third kappa shape index (κ3) is 4.05. The van der Waals surface area contributed by atoms with E-state index in [1.54, 1.807) is 0 Å². The van der Waals surface area contributed by atoms with Crippen LogP contribution in [-0.4, -0.2) is 25.1 Å². The fourth-order valence-corrected chi connectivity index (χ4v) is 5.17. The number of ether oxygens (including phenoxy) is 2. The minimum atomic E-state index is -0.657. The topological polar surface area (TPSA) is 64.6 Å². The van der Waals surface area contributed by atoms with Gasteiger partial charge >= 0.3 is 5.97 Å². The van der Waals surface area contributed by atoms with Crippen LogP contribution >= 0.6 is 11.3 Å². The summed E-state index contributed by atoms with van der Waals surface area (Å²) >= 11 is 1.48. The molecule has 0 radical (unpaired) electrons. The molecule has 3 aromatic rings. The first-order valence-corrected chi connectivity index (χ1v) is 11.1. The molecule has 0 saturated heterocycles. The summed E-state index contributed by atoms with van der Waals surface area (Å²) in [6.45, 7) is 1.91. The SMILES string of the molecule is CC[C@@H](Oc1ccc2ccccc2c1)C(=O)Nc1sc2c(c1C(=O)OC)CCCC2. The number of amides is 1. The number of rotatable bonds is 6. The van der Waals surface area contributed by atoms with Crippen LogP contribution in [0.15, 0.2) is 42.5 Å². The quantitative estimate of drug-likeness (QED) is 0.542. The van der Waals surface area contributed by atoms with E-state index >= 15 is 0 Å². The van der Waals surface area contributed by atoms with E-state index < -0.39 is 12.1 Å². The fourth-order valence-electron chi connectivity index (χ4n) is 3.89. The van der Waals surface area contributed by atoms with Gasteiger partial charge in [0.25, 0.3) is 5.91 Å². The van der Waals surface area contributed by atoms with Crippen molar-refractivity contribution in [2.75, 3.05) is 12.4 Å². The minimum Gasteiger partial charge on any atom is -0.481 e. The molecule has 1 amide bonds. The van der Waals surface area contributed by atoms with E-state index in [2.05, 4.69) is 5.32 Å². The Hall–Kier alpha value is -2.86. The van der Waals surface area contributed by atoms with Gasteiger partial charge in [-0.15, -0.1) is 11.3 Å². The van der Waals surface area contributed by atoms with E-state index in [4.69, 9.17) is 9.47 Å². The Morgan fingerprint density at radius 3 is 2.63 bits per heavy atom. The Kier molecular flexibility index (Phi) is 6.04. The van der Waals surface area contributed by atoms with E-state index in [1.807, 2.05) is 49.4 Å². The van der Waals surface area contributed by atoms with Gasteiger partial charge in [-0.2, -0.15) is 0 Å². The number of aryl methyl sites for hydroxylation is 1. The standard InChI is InChI=1S/C24H25NO4S/c1-3-19(29-17-13-12-15-8-4-5-9-16(15)14-17)22(26)25-23-21(24(27)28-2)18-10-6-7-11-20(18)30-23/h4-5,8-9,12-14,19H,3,6-7,10-11H2,1-2H3,(H,25,26)/t19-/m1/s1. The third-order valence-corrected chi connectivity index (χ3v) is 6.67. The molecule has 5 nitrogen and oxygen atoms in total. The summed E-state index contributed by atoms with van der Waals surface area (Å²) in [6, 6.07) is 13.8. The molecule has 1 aliphatic carbocycles. The molecule has 156 valence electrons. The average molecular weight is 424 g/mol. The fraction of sp³-hybridized carbons (Fsp3) is 0.333. The van der Waals surface area contributed by atoms with Crippen molar-refractivity contribution >= 4 is 39.0 Å². The zero-order valence-electron chi connectivity index (χ0n) is 17.2. The number of anilines is 1. The van der Waals surface area contributed by atoms with Crippen molar-refractivity contribution in [3.8, 4) is 5.75 Å². The van der Waals surface area contributed by atoms with Crippen LogP contribution in [0, 0.1) is 0 Å². The molecule has 0 bridgehead atoms. The van der Waals surface area contributed by atoms with E-state index in [0.717, 1.165) is 42.0 Å². The van der Waals surface area contributed by atoms with Gasteiger partial charge in [0, 0.05) is 4.88 Å². The molecule has 6 heteroatoms. The number of methoxy groups -OCH3 is 1. The highest BCUT2D eigenvalue weighted by molar-refractivity contribution is 7.17. The summed E-state index contributed by atoms with van der Waals surface area (Å²) in [5, 5.41) is 5.69. The molecule has 0 fully saturated rings. The van der Waals surface area contributed by atoms with E-state index in [0.29, 0.717) is 22.7 Å². The highest BCUT2D eigenvalue weighted by atomic mass is 32.1. The number of esters is 1. The zero-order valence-corrected chi connectivity index (χ0v) is 18.0. The second-order valence-corrected chi connectivity index (χ2v) is 8.52. The molecular weight excluding hydrogens is 398 g/mol. The maximum Gasteiger partial charge on any atom is 0.341 e. The summed E-state index contributed by atoms with van der Waals surface area (Å²) in [4.78, 5) is 26.6. The normalized spacial score (nSPS) is 14.1. The lowest BCUT2D eigenvalue weighted by atomic mass is 9.95. The number of carbonyl (C=O) groups is 2. The molecule has 0 aliphatic heterocycles. The number of carbonyl (C=O) groups excluding carboxylic acids is 2. The first-order valence-electron chi connectivity index (χ1n) is 10.3. The molecule has 0 spiro atoms. The monoisotopic (exact) mass is 423 g/mol. The number of thiophene rings is 1. The Bertz CT molecular complexity index is 1090. The molecule has 4 rings (SSSR count). The van der Waals surface area contributed by atoms with E-state index in [1.165, 1.54) is 23.3 Å². The predicted molar refractivity (Wildman–Crippen MR) is 120 cm³/mol. The van der Waals surface area contributed by atoms with Crippen molar-refractivity contribution in [1.29, 1.82) is 0 Å². The largest absolute Gasteiger partial charge is 0.481 e. The average Bonchev–Trinajstić information content (AvgIpc) is 3.14. The molecule has 30 heavy (non-hydrogen) atoms. The minimum absolute atomic E-state index is 0.255. The van der Waals surface area contributed by atoms with Crippen LogP contribution in [0.1, 0.15) is 47.0 Å². The van der Waals surface area contributed by atoms with Crippen LogP contribution in [-0.2, 0) is 22.4 Å². The van der Waals surface area contributed by atoms with Crippen LogP contribution in [0.2, 0.25) is 0 Å². The van der Waals surface area contributed by atoms with E-state index in [-0.39, 0.29) is 5.91 Å². The van der Waals surface area contributed by atoms with Crippen molar-refractivity contribution in [2.45, 2.75) is 45.1 Å². The summed E-state index contributed by atoms with van der Waals surface area (Å²) in [6.07, 6.45) is 3.78. The molecule has 1 N–H and O–H groups in total. The van der Waals surface area contributed by atoms with Gasteiger partial charge in [-0.3, -0.25) is 4.79 Å². The Labute approximate surface area is 180 Å². The zero-order chi connectivity index (χ0) is 21.1. The van der Waals surface area contributed by atoms with Gasteiger partial charge in [0.2, 0.25) is 0 Å². The number of hydrogen-bond donors (Lipinski definition) is 1. The number of nitrogens with one attached hydrogen (secondary N) is 1. The number of hydrogen-bond acceptors (Lipinski definition) is 5. The van der Waals surface area contributed by atoms with Crippen LogP contribution in [0.3, 0.4) is 0 Å². The summed E-state index contributed by atoms with van der Waals surface area (Å²) < 4.78 is 11.0. The molecule has 1 aliphatic rings. The number of fused-ring (bicyclic) bond motifs is 2. The maximum absolute atomic E-state index is 13.0. The lowest BCUT2D eigenvalue weighted by Crippen LogP contribution is -2.32. The highest BCUT2D eigenvalue weighted by Crippen LogP contribution is 2.38. The van der Waals surface area contributed by atoms with Crippen LogP contribution in [0.25, 0.3) is 10.8 Å². The first kappa shape index (κ1) is 20.4. The summed E-state index contributed by atoms with van der Waals surface area (Å²) in [5.74, 6) is -0.00281. The Morgan fingerprint density at radius 1 is 1.10 bits per heavy atom. The summed E-state index contributed by atoms with van der Waals surface area (Å²) in [5.41, 5.74) is 1.53. The van der Waals surface area contributed by atoms with Crippen molar-refractivity contribution in [2.24, 2.45) is 0 Å². The molecule has 0 unspecified atom stereocenters. The predicted octanol–water partition coefficient (Wildman–Crippen LogP) is 5.36. The molecular formula is C24H25NO4S. The third-order valence-electron chi connectivity index (χ3n) is 5.46. The summed E-state index contributed by atoms with van der Waals surface area (Å²) in [7, 11) is 1.37. The highest BCUT2D eigenvalue weighted by Gasteiger charge is 2.28. The van der Waals surface area contributed by atoms with Crippen molar-refractivity contribution in [1.82, 2.24) is 0 Å². The Morgan fingerprint density at radius 2 is 1.87 bits per heavy atom. The van der Waals surface area contributed by atoms with Crippen LogP contribution in [0.4, 0.5) is 5.00 Å². The van der Waals surface area contributed by atoms with E-state index in [9.17, 15) is 9.59 Å².